The van der Waals surface area contributed by atoms with Crippen LogP contribution in [0.15, 0.2) is 43.0 Å². The molecule has 7 heteroatoms. The van der Waals surface area contributed by atoms with Crippen LogP contribution in [0.3, 0.4) is 0 Å². The number of hydrogen-bond acceptors (Lipinski definition) is 4. The van der Waals surface area contributed by atoms with Crippen LogP contribution in [0.5, 0.6) is 5.75 Å². The Bertz CT molecular complexity index is 913. The number of fused-ring (bicyclic) bond motifs is 1. The number of para-hydroxylation sites is 1. The van der Waals surface area contributed by atoms with Crippen molar-refractivity contribution in [3.8, 4) is 5.75 Å². The zero-order valence-corrected chi connectivity index (χ0v) is 21.7. The van der Waals surface area contributed by atoms with Crippen LogP contribution in [-0.4, -0.2) is 63.4 Å². The van der Waals surface area contributed by atoms with E-state index in [1.807, 2.05) is 46.9 Å². The van der Waals surface area contributed by atoms with E-state index in [-0.39, 0.29) is 17.9 Å². The summed E-state index contributed by atoms with van der Waals surface area (Å²) in [5.41, 5.74) is 0.605. The van der Waals surface area contributed by atoms with E-state index in [1.165, 1.54) is 0 Å². The molecule has 1 atom stereocenters. The number of rotatable bonds is 7. The molecule has 0 saturated carbocycles. The Labute approximate surface area is 210 Å². The molecule has 7 nitrogen and oxygen atoms in total. The second-order valence-corrected chi connectivity index (χ2v) is 9.88. The second-order valence-electron chi connectivity index (χ2n) is 9.88. The maximum absolute atomic E-state index is 13.4. The third-order valence-corrected chi connectivity index (χ3v) is 6.67. The van der Waals surface area contributed by atoms with E-state index in [0.717, 1.165) is 58.2 Å². The Morgan fingerprint density at radius 3 is 2.63 bits per heavy atom. The monoisotopic (exact) mass is 482 g/mol. The van der Waals surface area contributed by atoms with Gasteiger partial charge in [0.25, 0.3) is 5.91 Å². The molecular weight excluding hydrogens is 440 g/mol. The van der Waals surface area contributed by atoms with E-state index in [1.54, 1.807) is 12.5 Å². The third kappa shape index (κ3) is 8.11. The van der Waals surface area contributed by atoms with Gasteiger partial charge in [0.05, 0.1) is 17.9 Å². The minimum atomic E-state index is -0.0240. The van der Waals surface area contributed by atoms with E-state index in [4.69, 9.17) is 4.74 Å². The number of imidazole rings is 1. The Kier molecular flexibility index (Phi) is 10.6. The first-order chi connectivity index (χ1) is 17.0. The Balaban J connectivity index is 1.78. The molecule has 3 rings (SSSR count). The fraction of sp³-hybridized carbons (Fsp3) is 0.607. The van der Waals surface area contributed by atoms with Crippen molar-refractivity contribution in [2.24, 2.45) is 5.92 Å². The lowest BCUT2D eigenvalue weighted by Gasteiger charge is -2.34. The summed E-state index contributed by atoms with van der Waals surface area (Å²) in [7, 11) is 0. The molecule has 0 radical (unpaired) electrons. The van der Waals surface area contributed by atoms with Crippen molar-refractivity contribution in [1.82, 2.24) is 19.4 Å². The van der Waals surface area contributed by atoms with Gasteiger partial charge < -0.3 is 19.1 Å². The fourth-order valence-electron chi connectivity index (χ4n) is 4.78. The Hall–Kier alpha value is -2.83. The molecule has 0 spiro atoms. The van der Waals surface area contributed by atoms with Gasteiger partial charge in [-0.3, -0.25) is 9.59 Å². The number of amides is 2. The van der Waals surface area contributed by atoms with Gasteiger partial charge in [-0.1, -0.05) is 38.8 Å². The molecule has 0 aliphatic carbocycles. The van der Waals surface area contributed by atoms with Crippen LogP contribution < -0.4 is 4.74 Å². The molecule has 0 saturated heterocycles. The number of ether oxygens (including phenoxy) is 1. The van der Waals surface area contributed by atoms with Gasteiger partial charge in [0.2, 0.25) is 5.91 Å². The van der Waals surface area contributed by atoms with Gasteiger partial charge >= 0.3 is 0 Å². The summed E-state index contributed by atoms with van der Waals surface area (Å²) in [5.74, 6) is 1.24. The number of nitrogens with zero attached hydrogens (tertiary/aromatic N) is 4. The molecule has 0 bridgehead atoms. The van der Waals surface area contributed by atoms with Crippen LogP contribution in [0.2, 0.25) is 0 Å². The first-order valence-electron chi connectivity index (χ1n) is 13.3. The van der Waals surface area contributed by atoms with Crippen LogP contribution in [0, 0.1) is 5.92 Å². The smallest absolute Gasteiger partial charge is 0.257 e. The quantitative estimate of drug-likeness (QED) is 0.556. The average Bonchev–Trinajstić information content (AvgIpc) is 3.36. The predicted octanol–water partition coefficient (Wildman–Crippen LogP) is 5.02. The van der Waals surface area contributed by atoms with Gasteiger partial charge in [-0.2, -0.15) is 0 Å². The average molecular weight is 483 g/mol. The zero-order chi connectivity index (χ0) is 25.0. The molecular formula is C28H42N4O3. The van der Waals surface area contributed by atoms with Crippen molar-refractivity contribution in [1.29, 1.82) is 0 Å². The van der Waals surface area contributed by atoms with Crippen molar-refractivity contribution >= 4 is 11.8 Å². The number of aryl methyl sites for hydroxylation is 1. The van der Waals surface area contributed by atoms with E-state index in [0.29, 0.717) is 36.8 Å². The van der Waals surface area contributed by atoms with Crippen molar-refractivity contribution in [3.63, 3.8) is 0 Å². The largest absolute Gasteiger partial charge is 0.491 e. The summed E-state index contributed by atoms with van der Waals surface area (Å²) < 4.78 is 8.31. The summed E-state index contributed by atoms with van der Waals surface area (Å²) in [6.45, 7) is 9.76. The highest BCUT2D eigenvalue weighted by atomic mass is 16.5. The minimum absolute atomic E-state index is 0.0213. The fourth-order valence-corrected chi connectivity index (χ4v) is 4.78. The number of carbonyl (C=O) groups is 2. The van der Waals surface area contributed by atoms with Crippen molar-refractivity contribution < 1.29 is 14.3 Å². The zero-order valence-electron chi connectivity index (χ0n) is 21.7. The molecule has 2 heterocycles. The van der Waals surface area contributed by atoms with Crippen molar-refractivity contribution in [2.45, 2.75) is 78.3 Å². The van der Waals surface area contributed by atoms with Gasteiger partial charge in [-0.15, -0.1) is 0 Å². The van der Waals surface area contributed by atoms with Gasteiger partial charge in [-0.25, -0.2) is 4.98 Å². The standard InChI is InChI=1S/C28H42N4O3/c1-4-31-17-9-5-6-10-18-32(27(33)14-11-16-30-19-15-29-22-30)24(20-23(2)3)21-35-26-13-8-7-12-25(26)28(31)34/h7-8,12-13,15,19,22-24H,4-6,9-11,14,16-18,20-21H2,1-3H3/t24-/m0/s1. The maximum Gasteiger partial charge on any atom is 0.257 e. The van der Waals surface area contributed by atoms with Crippen LogP contribution in [-0.2, 0) is 11.3 Å². The Morgan fingerprint density at radius 1 is 1.14 bits per heavy atom. The van der Waals surface area contributed by atoms with Crippen molar-refractivity contribution in [3.05, 3.63) is 48.5 Å². The molecule has 35 heavy (non-hydrogen) atoms. The molecule has 2 aromatic rings. The topological polar surface area (TPSA) is 67.7 Å². The number of hydrogen-bond donors (Lipinski definition) is 0. The predicted molar refractivity (Wildman–Crippen MR) is 138 cm³/mol. The van der Waals surface area contributed by atoms with Gasteiger partial charge in [0.1, 0.15) is 12.4 Å². The van der Waals surface area contributed by atoms with Gasteiger partial charge in [0.15, 0.2) is 0 Å². The van der Waals surface area contributed by atoms with Crippen LogP contribution >= 0.6 is 0 Å². The van der Waals surface area contributed by atoms with Gasteiger partial charge in [-0.05, 0) is 50.7 Å². The Morgan fingerprint density at radius 2 is 1.91 bits per heavy atom. The lowest BCUT2D eigenvalue weighted by atomic mass is 10.0. The molecule has 1 aromatic heterocycles. The van der Waals surface area contributed by atoms with Crippen LogP contribution in [0.25, 0.3) is 0 Å². The molecule has 192 valence electrons. The molecule has 1 aliphatic rings. The van der Waals surface area contributed by atoms with E-state index < -0.39 is 0 Å². The highest BCUT2D eigenvalue weighted by Crippen LogP contribution is 2.23. The normalized spacial score (nSPS) is 18.2. The highest BCUT2D eigenvalue weighted by Gasteiger charge is 2.26. The van der Waals surface area contributed by atoms with E-state index in [2.05, 4.69) is 23.7 Å². The molecule has 0 fully saturated rings. The first-order valence-corrected chi connectivity index (χ1v) is 13.3. The number of carbonyl (C=O) groups excluding carboxylic acids is 2. The number of benzene rings is 1. The summed E-state index contributed by atoms with van der Waals surface area (Å²) >= 11 is 0. The lowest BCUT2D eigenvalue weighted by molar-refractivity contribution is -0.135. The second kappa shape index (κ2) is 13.9. The van der Waals surface area contributed by atoms with E-state index >= 15 is 0 Å². The molecule has 2 amide bonds. The summed E-state index contributed by atoms with van der Waals surface area (Å²) in [6.07, 6.45) is 11.7. The summed E-state index contributed by atoms with van der Waals surface area (Å²) in [6, 6.07) is 7.49. The van der Waals surface area contributed by atoms with Crippen molar-refractivity contribution in [2.75, 3.05) is 26.2 Å². The van der Waals surface area contributed by atoms with Gasteiger partial charge in [0, 0.05) is 45.0 Å². The summed E-state index contributed by atoms with van der Waals surface area (Å²) in [5, 5.41) is 0. The number of aromatic nitrogens is 2. The minimum Gasteiger partial charge on any atom is -0.491 e. The van der Waals surface area contributed by atoms with Crippen LogP contribution in [0.4, 0.5) is 0 Å². The molecule has 0 unspecified atom stereocenters. The SMILES string of the molecule is CCN1CCCCCCN(C(=O)CCCn2ccnc2)[C@@H](CC(C)C)COc2ccccc2C1=O. The molecule has 1 aromatic carbocycles. The lowest BCUT2D eigenvalue weighted by Crippen LogP contribution is -2.45. The molecule has 0 N–H and O–H groups in total. The molecule has 1 aliphatic heterocycles. The maximum atomic E-state index is 13.4. The summed E-state index contributed by atoms with van der Waals surface area (Å²) in [4.78, 5) is 34.7. The highest BCUT2D eigenvalue weighted by molar-refractivity contribution is 5.96. The third-order valence-electron chi connectivity index (χ3n) is 6.67. The van der Waals surface area contributed by atoms with E-state index in [9.17, 15) is 9.59 Å². The first kappa shape index (κ1) is 26.8. The van der Waals surface area contributed by atoms with Crippen LogP contribution in [0.1, 0.15) is 76.1 Å².